The van der Waals surface area contributed by atoms with Crippen LogP contribution in [0.5, 0.6) is 0 Å². The van der Waals surface area contributed by atoms with Gasteiger partial charge in [0.05, 0.1) is 5.41 Å². The van der Waals surface area contributed by atoms with Gasteiger partial charge in [-0.15, -0.1) is 0 Å². The van der Waals surface area contributed by atoms with Crippen LogP contribution in [0.4, 0.5) is 0 Å². The van der Waals surface area contributed by atoms with E-state index in [0.29, 0.717) is 6.04 Å². The number of hydrogen-bond donors (Lipinski definition) is 2. The van der Waals surface area contributed by atoms with Crippen molar-refractivity contribution in [3.05, 3.63) is 0 Å². The summed E-state index contributed by atoms with van der Waals surface area (Å²) in [6.45, 7) is 0.812. The molecule has 86 valence electrons. The molecule has 0 unspecified atom stereocenters. The van der Waals surface area contributed by atoms with E-state index in [1.807, 2.05) is 0 Å². The van der Waals surface area contributed by atoms with Gasteiger partial charge in [-0.1, -0.05) is 25.7 Å². The Hall–Kier alpha value is -0.570. The van der Waals surface area contributed by atoms with Crippen LogP contribution in [0.1, 0.15) is 51.4 Å². The van der Waals surface area contributed by atoms with E-state index in [9.17, 15) is 4.79 Å². The molecule has 3 nitrogen and oxygen atoms in total. The van der Waals surface area contributed by atoms with Crippen LogP contribution >= 0.6 is 0 Å². The van der Waals surface area contributed by atoms with E-state index in [2.05, 4.69) is 5.32 Å². The van der Waals surface area contributed by atoms with Crippen molar-refractivity contribution in [2.24, 2.45) is 11.1 Å². The lowest BCUT2D eigenvalue weighted by Crippen LogP contribution is -2.45. The van der Waals surface area contributed by atoms with Gasteiger partial charge >= 0.3 is 0 Å². The summed E-state index contributed by atoms with van der Waals surface area (Å²) in [5.74, 6) is -0.0921. The number of nitrogens with two attached hydrogens (primary N) is 1. The van der Waals surface area contributed by atoms with Crippen LogP contribution in [0.25, 0.3) is 0 Å². The Morgan fingerprint density at radius 1 is 1.20 bits per heavy atom. The molecule has 0 spiro atoms. The van der Waals surface area contributed by atoms with Gasteiger partial charge in [-0.25, -0.2) is 0 Å². The predicted octanol–water partition coefficient (Wildman–Crippen LogP) is 1.56. The van der Waals surface area contributed by atoms with Crippen LogP contribution in [0.15, 0.2) is 0 Å². The van der Waals surface area contributed by atoms with E-state index in [-0.39, 0.29) is 11.3 Å². The average Bonchev–Trinajstić information content (AvgIpc) is 2.87. The molecule has 0 aromatic heterocycles. The van der Waals surface area contributed by atoms with Crippen molar-refractivity contribution in [3.63, 3.8) is 0 Å². The van der Waals surface area contributed by atoms with Gasteiger partial charge < -0.3 is 11.1 Å². The summed E-state index contributed by atoms with van der Waals surface area (Å²) in [6, 6.07) is 0.641. The minimum absolute atomic E-state index is 0.0921. The van der Waals surface area contributed by atoms with Crippen LogP contribution in [0.3, 0.4) is 0 Å². The molecule has 2 fully saturated rings. The maximum atomic E-state index is 11.5. The third-order valence-electron chi connectivity index (χ3n) is 4.17. The van der Waals surface area contributed by atoms with Gasteiger partial charge in [0.1, 0.15) is 0 Å². The second-order valence-electron chi connectivity index (χ2n) is 5.21. The van der Waals surface area contributed by atoms with Gasteiger partial charge in [-0.2, -0.15) is 0 Å². The fraction of sp³-hybridized carbons (Fsp3) is 0.917. The molecule has 0 saturated heterocycles. The molecule has 2 saturated carbocycles. The minimum atomic E-state index is -0.220. The molecule has 2 aliphatic carbocycles. The quantitative estimate of drug-likeness (QED) is 0.740. The number of amides is 1. The van der Waals surface area contributed by atoms with Crippen molar-refractivity contribution in [2.75, 3.05) is 6.54 Å². The Kier molecular flexibility index (Phi) is 3.29. The third kappa shape index (κ3) is 2.33. The summed E-state index contributed by atoms with van der Waals surface area (Å²) in [7, 11) is 0. The zero-order valence-electron chi connectivity index (χ0n) is 9.43. The van der Waals surface area contributed by atoms with Crippen LogP contribution < -0.4 is 11.1 Å². The summed E-state index contributed by atoms with van der Waals surface area (Å²) in [5.41, 5.74) is 5.32. The minimum Gasteiger partial charge on any atom is -0.369 e. The Labute approximate surface area is 91.8 Å². The largest absolute Gasteiger partial charge is 0.369 e. The predicted molar refractivity (Wildman–Crippen MR) is 60.4 cm³/mol. The normalized spacial score (nSPS) is 25.9. The SMILES string of the molecule is NC(=O)C1(CNC2CCCC2)CCCC1. The molecule has 3 N–H and O–H groups in total. The molecule has 2 rings (SSSR count). The van der Waals surface area contributed by atoms with Crippen molar-refractivity contribution in [3.8, 4) is 0 Å². The van der Waals surface area contributed by atoms with Crippen LogP contribution in [0, 0.1) is 5.41 Å². The zero-order valence-corrected chi connectivity index (χ0v) is 9.43. The van der Waals surface area contributed by atoms with Gasteiger partial charge in [0.15, 0.2) is 0 Å². The van der Waals surface area contributed by atoms with E-state index >= 15 is 0 Å². The highest BCUT2D eigenvalue weighted by Gasteiger charge is 2.39. The molecule has 0 radical (unpaired) electrons. The lowest BCUT2D eigenvalue weighted by molar-refractivity contribution is -0.127. The first-order chi connectivity index (χ1) is 7.23. The molecule has 0 heterocycles. The molecule has 3 heteroatoms. The molecule has 2 aliphatic rings. The molecule has 0 aliphatic heterocycles. The number of carbonyl (C=O) groups is 1. The van der Waals surface area contributed by atoms with Crippen molar-refractivity contribution in [1.29, 1.82) is 0 Å². The van der Waals surface area contributed by atoms with Crippen LogP contribution in [-0.2, 0) is 4.79 Å². The molecule has 0 aromatic rings. The van der Waals surface area contributed by atoms with Gasteiger partial charge in [0.2, 0.25) is 5.91 Å². The lowest BCUT2D eigenvalue weighted by Gasteiger charge is -2.27. The fourth-order valence-electron chi connectivity index (χ4n) is 3.03. The number of hydrogen-bond acceptors (Lipinski definition) is 2. The van der Waals surface area contributed by atoms with Gasteiger partial charge in [-0.3, -0.25) is 4.79 Å². The summed E-state index contributed by atoms with van der Waals surface area (Å²) in [5, 5.41) is 3.54. The van der Waals surface area contributed by atoms with Gasteiger partial charge in [0.25, 0.3) is 0 Å². The smallest absolute Gasteiger partial charge is 0.224 e. The second-order valence-corrected chi connectivity index (χ2v) is 5.21. The van der Waals surface area contributed by atoms with Crippen molar-refractivity contribution in [1.82, 2.24) is 5.32 Å². The van der Waals surface area contributed by atoms with Gasteiger partial charge in [-0.05, 0) is 25.7 Å². The molecule has 0 atom stereocenters. The summed E-state index contributed by atoms with van der Waals surface area (Å²) < 4.78 is 0. The number of nitrogens with one attached hydrogen (secondary N) is 1. The number of primary amides is 1. The first-order valence-corrected chi connectivity index (χ1v) is 6.26. The van der Waals surface area contributed by atoms with Crippen molar-refractivity contribution in [2.45, 2.75) is 57.4 Å². The highest BCUT2D eigenvalue weighted by atomic mass is 16.1. The lowest BCUT2D eigenvalue weighted by atomic mass is 9.85. The highest BCUT2D eigenvalue weighted by molar-refractivity contribution is 5.81. The molecule has 15 heavy (non-hydrogen) atoms. The van der Waals surface area contributed by atoms with E-state index < -0.39 is 0 Å². The monoisotopic (exact) mass is 210 g/mol. The Morgan fingerprint density at radius 3 is 2.33 bits per heavy atom. The van der Waals surface area contributed by atoms with Crippen molar-refractivity contribution >= 4 is 5.91 Å². The van der Waals surface area contributed by atoms with Gasteiger partial charge in [0, 0.05) is 12.6 Å². The first-order valence-electron chi connectivity index (χ1n) is 6.26. The van der Waals surface area contributed by atoms with E-state index in [1.165, 1.54) is 25.7 Å². The average molecular weight is 210 g/mol. The fourth-order valence-corrected chi connectivity index (χ4v) is 3.03. The van der Waals surface area contributed by atoms with E-state index in [1.54, 1.807) is 0 Å². The summed E-state index contributed by atoms with van der Waals surface area (Å²) in [4.78, 5) is 11.5. The molecule has 1 amide bonds. The molecular formula is C12H22N2O. The third-order valence-corrected chi connectivity index (χ3v) is 4.17. The standard InChI is InChI=1S/C12H22N2O/c13-11(15)12(7-3-4-8-12)9-14-10-5-1-2-6-10/h10,14H,1-9H2,(H2,13,15). The molecule has 0 aromatic carbocycles. The molecule has 0 bridgehead atoms. The highest BCUT2D eigenvalue weighted by Crippen LogP contribution is 2.37. The number of carbonyl (C=O) groups excluding carboxylic acids is 1. The Balaban J connectivity index is 1.86. The topological polar surface area (TPSA) is 55.1 Å². The first kappa shape index (κ1) is 10.9. The second kappa shape index (κ2) is 4.52. The van der Waals surface area contributed by atoms with E-state index in [0.717, 1.165) is 32.2 Å². The maximum absolute atomic E-state index is 11.5. The van der Waals surface area contributed by atoms with Crippen molar-refractivity contribution < 1.29 is 4.79 Å². The summed E-state index contributed by atoms with van der Waals surface area (Å²) in [6.07, 6.45) is 9.51. The zero-order chi connectivity index (χ0) is 10.7. The Morgan fingerprint density at radius 2 is 1.80 bits per heavy atom. The van der Waals surface area contributed by atoms with E-state index in [4.69, 9.17) is 5.73 Å². The Bertz CT molecular complexity index is 228. The summed E-state index contributed by atoms with van der Waals surface area (Å²) >= 11 is 0. The van der Waals surface area contributed by atoms with Crippen LogP contribution in [0.2, 0.25) is 0 Å². The molecular weight excluding hydrogens is 188 g/mol. The number of rotatable bonds is 4. The maximum Gasteiger partial charge on any atom is 0.224 e. The van der Waals surface area contributed by atoms with Crippen LogP contribution in [-0.4, -0.2) is 18.5 Å².